The standard InChI is InChI=1S/C15H22N4O/c1-3-7-15(2,17)14(20)19(10-5-8-16)12-13-6-4-9-18-11-13/h4,6,9,11H,3,5,7,10,12,17H2,1-2H3. The summed E-state index contributed by atoms with van der Waals surface area (Å²) in [7, 11) is 0. The number of nitriles is 1. The summed E-state index contributed by atoms with van der Waals surface area (Å²) in [6.07, 6.45) is 5.18. The third kappa shape index (κ3) is 4.63. The summed E-state index contributed by atoms with van der Waals surface area (Å²) in [5.74, 6) is -0.113. The minimum atomic E-state index is -0.883. The van der Waals surface area contributed by atoms with Crippen molar-refractivity contribution in [1.29, 1.82) is 5.26 Å². The molecular weight excluding hydrogens is 252 g/mol. The highest BCUT2D eigenvalue weighted by molar-refractivity contribution is 5.85. The zero-order valence-electron chi connectivity index (χ0n) is 12.2. The fraction of sp³-hybridized carbons (Fsp3) is 0.533. The van der Waals surface area contributed by atoms with Crippen LogP contribution in [0, 0.1) is 11.3 Å². The summed E-state index contributed by atoms with van der Waals surface area (Å²) < 4.78 is 0. The Balaban J connectivity index is 2.83. The third-order valence-corrected chi connectivity index (χ3v) is 3.13. The number of rotatable bonds is 7. The van der Waals surface area contributed by atoms with Crippen LogP contribution in [0.15, 0.2) is 24.5 Å². The molecule has 1 unspecified atom stereocenters. The predicted octanol–water partition coefficient (Wildman–Crippen LogP) is 1.84. The first kappa shape index (κ1) is 16.1. The van der Waals surface area contributed by atoms with E-state index in [2.05, 4.69) is 11.1 Å². The van der Waals surface area contributed by atoms with Crippen LogP contribution < -0.4 is 5.73 Å². The number of nitrogens with two attached hydrogens (primary N) is 1. The van der Waals surface area contributed by atoms with Gasteiger partial charge in [0.2, 0.25) is 5.91 Å². The largest absolute Gasteiger partial charge is 0.336 e. The van der Waals surface area contributed by atoms with Gasteiger partial charge in [-0.15, -0.1) is 0 Å². The van der Waals surface area contributed by atoms with Gasteiger partial charge >= 0.3 is 0 Å². The molecule has 1 aromatic rings. The minimum absolute atomic E-state index is 0.113. The molecule has 108 valence electrons. The van der Waals surface area contributed by atoms with E-state index in [9.17, 15) is 4.79 Å². The zero-order chi connectivity index (χ0) is 15.0. The molecule has 0 aliphatic carbocycles. The average molecular weight is 274 g/mol. The fourth-order valence-corrected chi connectivity index (χ4v) is 2.14. The first-order valence-electron chi connectivity index (χ1n) is 6.85. The van der Waals surface area contributed by atoms with E-state index >= 15 is 0 Å². The van der Waals surface area contributed by atoms with E-state index in [0.29, 0.717) is 25.9 Å². The van der Waals surface area contributed by atoms with Gasteiger partial charge in [0.1, 0.15) is 0 Å². The molecule has 0 saturated heterocycles. The number of carbonyl (C=O) groups excluding carboxylic acids is 1. The molecule has 0 bridgehead atoms. The summed E-state index contributed by atoms with van der Waals surface area (Å²) in [6.45, 7) is 4.58. The van der Waals surface area contributed by atoms with Gasteiger partial charge in [0.25, 0.3) is 0 Å². The van der Waals surface area contributed by atoms with Crippen molar-refractivity contribution in [1.82, 2.24) is 9.88 Å². The van der Waals surface area contributed by atoms with Crippen molar-refractivity contribution >= 4 is 5.91 Å². The summed E-state index contributed by atoms with van der Waals surface area (Å²) in [5.41, 5.74) is 6.16. The molecule has 0 aromatic carbocycles. The average Bonchev–Trinajstić information content (AvgIpc) is 2.43. The normalized spacial score (nSPS) is 13.3. The van der Waals surface area contributed by atoms with Crippen LogP contribution in [0.2, 0.25) is 0 Å². The van der Waals surface area contributed by atoms with Crippen molar-refractivity contribution in [3.05, 3.63) is 30.1 Å². The Morgan fingerprint density at radius 1 is 1.60 bits per heavy atom. The molecule has 0 radical (unpaired) electrons. The predicted molar refractivity (Wildman–Crippen MR) is 77.4 cm³/mol. The van der Waals surface area contributed by atoms with Crippen LogP contribution in [0.4, 0.5) is 0 Å². The second kappa shape index (κ2) is 7.61. The van der Waals surface area contributed by atoms with Gasteiger partial charge in [0.05, 0.1) is 18.0 Å². The molecule has 5 nitrogen and oxygen atoms in total. The molecule has 0 fully saturated rings. The van der Waals surface area contributed by atoms with Crippen LogP contribution in [0.1, 0.15) is 38.7 Å². The van der Waals surface area contributed by atoms with Crippen molar-refractivity contribution in [2.75, 3.05) is 6.54 Å². The van der Waals surface area contributed by atoms with Gasteiger partial charge in [0.15, 0.2) is 0 Å². The monoisotopic (exact) mass is 274 g/mol. The quantitative estimate of drug-likeness (QED) is 0.822. The Hall–Kier alpha value is -1.93. The van der Waals surface area contributed by atoms with Crippen LogP contribution in [-0.4, -0.2) is 27.9 Å². The number of amides is 1. The van der Waals surface area contributed by atoms with Gasteiger partial charge in [-0.25, -0.2) is 0 Å². The summed E-state index contributed by atoms with van der Waals surface area (Å²) in [4.78, 5) is 18.2. The molecular formula is C15H22N4O. The topological polar surface area (TPSA) is 83.0 Å². The van der Waals surface area contributed by atoms with Gasteiger partial charge in [-0.2, -0.15) is 5.26 Å². The molecule has 5 heteroatoms. The highest BCUT2D eigenvalue weighted by atomic mass is 16.2. The van der Waals surface area contributed by atoms with Gasteiger partial charge in [-0.3, -0.25) is 9.78 Å². The number of hydrogen-bond donors (Lipinski definition) is 1. The number of aromatic nitrogens is 1. The Bertz CT molecular complexity index is 465. The molecule has 1 atom stereocenters. The lowest BCUT2D eigenvalue weighted by Gasteiger charge is -2.31. The van der Waals surface area contributed by atoms with E-state index in [1.807, 2.05) is 19.1 Å². The number of pyridine rings is 1. The molecule has 0 saturated carbocycles. The van der Waals surface area contributed by atoms with Crippen LogP contribution in [0.3, 0.4) is 0 Å². The molecule has 1 rings (SSSR count). The molecule has 2 N–H and O–H groups in total. The maximum Gasteiger partial charge on any atom is 0.242 e. The SMILES string of the molecule is CCCC(C)(N)C(=O)N(CCC#N)Cc1cccnc1. The van der Waals surface area contributed by atoms with Crippen molar-refractivity contribution in [3.63, 3.8) is 0 Å². The van der Waals surface area contributed by atoms with Crippen molar-refractivity contribution < 1.29 is 4.79 Å². The van der Waals surface area contributed by atoms with E-state index in [4.69, 9.17) is 11.0 Å². The fourth-order valence-electron chi connectivity index (χ4n) is 2.14. The first-order chi connectivity index (χ1) is 9.51. The Morgan fingerprint density at radius 2 is 2.35 bits per heavy atom. The molecule has 0 aliphatic heterocycles. The van der Waals surface area contributed by atoms with E-state index in [0.717, 1.165) is 12.0 Å². The molecule has 0 spiro atoms. The Labute approximate surface area is 120 Å². The first-order valence-corrected chi connectivity index (χ1v) is 6.85. The smallest absolute Gasteiger partial charge is 0.242 e. The van der Waals surface area contributed by atoms with E-state index < -0.39 is 5.54 Å². The number of hydrogen-bond acceptors (Lipinski definition) is 4. The number of nitrogens with zero attached hydrogens (tertiary/aromatic N) is 3. The minimum Gasteiger partial charge on any atom is -0.336 e. The van der Waals surface area contributed by atoms with Gasteiger partial charge < -0.3 is 10.6 Å². The van der Waals surface area contributed by atoms with Crippen LogP contribution in [0.25, 0.3) is 0 Å². The van der Waals surface area contributed by atoms with Crippen LogP contribution in [0.5, 0.6) is 0 Å². The van der Waals surface area contributed by atoms with E-state index in [1.165, 1.54) is 0 Å². The second-order valence-corrected chi connectivity index (χ2v) is 5.16. The van der Waals surface area contributed by atoms with Gasteiger partial charge in [-0.05, 0) is 25.0 Å². The lowest BCUT2D eigenvalue weighted by atomic mass is 9.95. The lowest BCUT2D eigenvalue weighted by Crippen LogP contribution is -2.53. The summed E-state index contributed by atoms with van der Waals surface area (Å²) >= 11 is 0. The van der Waals surface area contributed by atoms with Gasteiger partial charge in [0, 0.05) is 25.5 Å². The highest BCUT2D eigenvalue weighted by Gasteiger charge is 2.31. The highest BCUT2D eigenvalue weighted by Crippen LogP contribution is 2.15. The van der Waals surface area contributed by atoms with Crippen molar-refractivity contribution in [2.45, 2.75) is 45.2 Å². The molecule has 1 aromatic heterocycles. The van der Waals surface area contributed by atoms with E-state index in [-0.39, 0.29) is 5.91 Å². The summed E-state index contributed by atoms with van der Waals surface area (Å²) in [5, 5.41) is 8.74. The Morgan fingerprint density at radius 3 is 2.90 bits per heavy atom. The molecule has 20 heavy (non-hydrogen) atoms. The second-order valence-electron chi connectivity index (χ2n) is 5.16. The zero-order valence-corrected chi connectivity index (χ0v) is 12.2. The van der Waals surface area contributed by atoms with Crippen LogP contribution in [-0.2, 0) is 11.3 Å². The van der Waals surface area contributed by atoms with Crippen molar-refractivity contribution in [2.24, 2.45) is 5.73 Å². The lowest BCUT2D eigenvalue weighted by molar-refractivity contribution is -0.137. The molecule has 0 aliphatic rings. The van der Waals surface area contributed by atoms with Crippen LogP contribution >= 0.6 is 0 Å². The van der Waals surface area contributed by atoms with Crippen molar-refractivity contribution in [3.8, 4) is 6.07 Å². The maximum atomic E-state index is 12.5. The van der Waals surface area contributed by atoms with Gasteiger partial charge in [-0.1, -0.05) is 19.4 Å². The van der Waals surface area contributed by atoms with E-state index in [1.54, 1.807) is 24.2 Å². The number of carbonyl (C=O) groups is 1. The third-order valence-electron chi connectivity index (χ3n) is 3.13. The molecule has 1 amide bonds. The summed E-state index contributed by atoms with van der Waals surface area (Å²) in [6, 6.07) is 5.81. The Kier molecular flexibility index (Phi) is 6.13. The molecule has 1 heterocycles. The maximum absolute atomic E-state index is 12.5.